The number of hydrogen-bond acceptors (Lipinski definition) is 8. The summed E-state index contributed by atoms with van der Waals surface area (Å²) >= 11 is 6.04. The molecule has 3 heterocycles. The van der Waals surface area contributed by atoms with Crippen molar-refractivity contribution in [3.05, 3.63) is 34.9 Å². The van der Waals surface area contributed by atoms with Gasteiger partial charge in [-0.1, -0.05) is 23.7 Å². The standard InChI is InChI=1S/C22H30ClF2N5O2.C2H4O2/c23-16-3-1-15(2-4-16)9-18-12-32-19(13-31-14-20(24)25)11-30(18)17-5-7-29(8-6-17)22-10-21(26)27-28-22;1-2(3)4/h1-4,17-20H,5-14H2,(H2,26,27);1H3,(H,3,4)/t18-,19+;/m0./s1. The van der Waals surface area contributed by atoms with E-state index in [1.807, 2.05) is 24.3 Å². The van der Waals surface area contributed by atoms with Gasteiger partial charge in [0.15, 0.2) is 0 Å². The second kappa shape index (κ2) is 13.8. The van der Waals surface area contributed by atoms with Crippen LogP contribution >= 0.6 is 11.6 Å². The van der Waals surface area contributed by atoms with E-state index in [2.05, 4.69) is 20.0 Å². The van der Waals surface area contributed by atoms with Crippen LogP contribution in [0.25, 0.3) is 0 Å². The smallest absolute Gasteiger partial charge is 0.300 e. The molecule has 0 aliphatic carbocycles. The van der Waals surface area contributed by atoms with E-state index in [1.54, 1.807) is 0 Å². The number of amidine groups is 2. The zero-order valence-corrected chi connectivity index (χ0v) is 21.1. The third-order valence-electron chi connectivity index (χ3n) is 6.27. The first kappa shape index (κ1) is 28.2. The second-order valence-electron chi connectivity index (χ2n) is 9.09. The Bertz CT molecular complexity index is 906. The van der Waals surface area contributed by atoms with E-state index in [0.29, 0.717) is 36.5 Å². The lowest BCUT2D eigenvalue weighted by atomic mass is 9.96. The SMILES string of the molecule is CC(=O)O.NC1=NN=C(N2CCC(N3C[C@H](COCC(F)F)OC[C@@H]3Cc3ccc(Cl)cc3)CC2)C1. The second-order valence-corrected chi connectivity index (χ2v) is 9.52. The van der Waals surface area contributed by atoms with Crippen molar-refractivity contribution < 1.29 is 28.2 Å². The number of aliphatic carboxylic acids is 1. The molecular weight excluding hydrogens is 496 g/mol. The van der Waals surface area contributed by atoms with Gasteiger partial charge >= 0.3 is 0 Å². The lowest BCUT2D eigenvalue weighted by Crippen LogP contribution is -2.58. The Balaban J connectivity index is 0.000000840. The highest BCUT2D eigenvalue weighted by molar-refractivity contribution is 6.30. The number of hydrogen-bond donors (Lipinski definition) is 2. The Morgan fingerprint density at radius 1 is 1.28 bits per heavy atom. The maximum absolute atomic E-state index is 12.5. The Morgan fingerprint density at radius 2 is 1.94 bits per heavy atom. The van der Waals surface area contributed by atoms with E-state index in [-0.39, 0.29) is 18.8 Å². The largest absolute Gasteiger partial charge is 0.481 e. The number of rotatable bonds is 7. The fourth-order valence-electron chi connectivity index (χ4n) is 4.67. The molecule has 1 aromatic rings. The highest BCUT2D eigenvalue weighted by Gasteiger charge is 2.36. The van der Waals surface area contributed by atoms with Gasteiger partial charge in [0.05, 0.1) is 25.7 Å². The molecule has 12 heteroatoms. The number of likely N-dealkylation sites (tertiary alicyclic amines) is 1. The fourth-order valence-corrected chi connectivity index (χ4v) is 4.80. The van der Waals surface area contributed by atoms with Crippen LogP contribution in [0.5, 0.6) is 0 Å². The van der Waals surface area contributed by atoms with Crippen molar-refractivity contribution in [3.63, 3.8) is 0 Å². The number of carboxylic acid groups (broad SMARTS) is 1. The molecule has 1 aromatic carbocycles. The van der Waals surface area contributed by atoms with Gasteiger partial charge in [0.1, 0.15) is 18.3 Å². The van der Waals surface area contributed by atoms with Crippen molar-refractivity contribution in [2.45, 2.75) is 57.2 Å². The summed E-state index contributed by atoms with van der Waals surface area (Å²) in [5, 5.41) is 16.3. The molecule has 0 radical (unpaired) electrons. The Labute approximate surface area is 214 Å². The Morgan fingerprint density at radius 3 is 2.53 bits per heavy atom. The molecule has 4 rings (SSSR count). The van der Waals surface area contributed by atoms with Crippen LogP contribution in [0.1, 0.15) is 31.7 Å². The lowest BCUT2D eigenvalue weighted by Gasteiger charge is -2.47. The van der Waals surface area contributed by atoms with Crippen molar-refractivity contribution in [2.24, 2.45) is 15.9 Å². The number of morpholine rings is 1. The molecule has 9 nitrogen and oxygen atoms in total. The van der Waals surface area contributed by atoms with Crippen molar-refractivity contribution in [1.29, 1.82) is 0 Å². The van der Waals surface area contributed by atoms with Gasteiger partial charge in [-0.05, 0) is 37.0 Å². The van der Waals surface area contributed by atoms with Gasteiger partial charge in [-0.2, -0.15) is 0 Å². The van der Waals surface area contributed by atoms with E-state index in [4.69, 9.17) is 36.7 Å². The minimum Gasteiger partial charge on any atom is -0.481 e. The molecule has 0 bridgehead atoms. The summed E-state index contributed by atoms with van der Waals surface area (Å²) < 4.78 is 36.1. The minimum absolute atomic E-state index is 0.181. The summed E-state index contributed by atoms with van der Waals surface area (Å²) in [6.07, 6.45) is 0.763. The average Bonchev–Trinajstić information content (AvgIpc) is 3.27. The molecule has 3 N–H and O–H groups in total. The quantitative estimate of drug-likeness (QED) is 0.558. The van der Waals surface area contributed by atoms with E-state index >= 15 is 0 Å². The predicted molar refractivity (Wildman–Crippen MR) is 134 cm³/mol. The number of carbonyl (C=O) groups is 1. The third-order valence-corrected chi connectivity index (χ3v) is 6.52. The van der Waals surface area contributed by atoms with Crippen LogP contribution in [-0.2, 0) is 20.7 Å². The normalized spacial score (nSPS) is 23.2. The third kappa shape index (κ3) is 8.95. The zero-order chi connectivity index (χ0) is 26.1. The van der Waals surface area contributed by atoms with Crippen molar-refractivity contribution in [1.82, 2.24) is 9.80 Å². The molecule has 2 atom stereocenters. The lowest BCUT2D eigenvalue weighted by molar-refractivity contribution is -0.134. The summed E-state index contributed by atoms with van der Waals surface area (Å²) in [6, 6.07) is 8.49. The van der Waals surface area contributed by atoms with Gasteiger partial charge in [-0.25, -0.2) is 8.78 Å². The average molecular weight is 530 g/mol. The zero-order valence-electron chi connectivity index (χ0n) is 20.4. The number of ether oxygens (including phenoxy) is 2. The molecule has 3 aliphatic heterocycles. The molecular formula is C24H34ClF2N5O4. The summed E-state index contributed by atoms with van der Waals surface area (Å²) in [4.78, 5) is 13.8. The first-order chi connectivity index (χ1) is 17.2. The van der Waals surface area contributed by atoms with Gasteiger partial charge in [-0.3, -0.25) is 9.69 Å². The van der Waals surface area contributed by atoms with Crippen LogP contribution in [-0.4, -0.2) is 96.6 Å². The highest BCUT2D eigenvalue weighted by Crippen LogP contribution is 2.26. The van der Waals surface area contributed by atoms with Gasteiger partial charge in [0.25, 0.3) is 12.4 Å². The van der Waals surface area contributed by atoms with Crippen molar-refractivity contribution in [3.8, 4) is 0 Å². The maximum Gasteiger partial charge on any atom is 0.300 e. The van der Waals surface area contributed by atoms with Crippen molar-refractivity contribution in [2.75, 3.05) is 39.5 Å². The number of nitrogens with zero attached hydrogens (tertiary/aromatic N) is 4. The first-order valence-electron chi connectivity index (χ1n) is 12.0. The number of halogens is 3. The van der Waals surface area contributed by atoms with Crippen molar-refractivity contribution >= 4 is 29.2 Å². The van der Waals surface area contributed by atoms with Crippen LogP contribution < -0.4 is 5.73 Å². The molecule has 0 amide bonds. The predicted octanol–water partition coefficient (Wildman–Crippen LogP) is 2.86. The molecule has 0 aromatic heterocycles. The van der Waals surface area contributed by atoms with Gasteiger partial charge < -0.3 is 25.2 Å². The topological polar surface area (TPSA) is 113 Å². The molecule has 3 aliphatic rings. The van der Waals surface area contributed by atoms with Crippen LogP contribution in [0.4, 0.5) is 8.78 Å². The van der Waals surface area contributed by atoms with Gasteiger partial charge in [0.2, 0.25) is 0 Å². The number of nitrogens with two attached hydrogens (primary N) is 1. The van der Waals surface area contributed by atoms with E-state index < -0.39 is 19.0 Å². The fraction of sp³-hybridized carbons (Fsp3) is 0.625. The summed E-state index contributed by atoms with van der Waals surface area (Å²) in [5.41, 5.74) is 6.97. The first-order valence-corrected chi connectivity index (χ1v) is 12.4. The Hall–Kier alpha value is -2.34. The summed E-state index contributed by atoms with van der Waals surface area (Å²) in [6.45, 7) is 3.71. The summed E-state index contributed by atoms with van der Waals surface area (Å²) in [7, 11) is 0. The maximum atomic E-state index is 12.5. The number of alkyl halides is 2. The van der Waals surface area contributed by atoms with Gasteiger partial charge in [0, 0.05) is 43.7 Å². The summed E-state index contributed by atoms with van der Waals surface area (Å²) in [5.74, 6) is 0.670. The van der Waals surface area contributed by atoms with Crippen LogP contribution in [0.2, 0.25) is 5.02 Å². The van der Waals surface area contributed by atoms with E-state index in [1.165, 1.54) is 5.56 Å². The van der Waals surface area contributed by atoms with Gasteiger partial charge in [-0.15, -0.1) is 10.2 Å². The molecule has 200 valence electrons. The monoisotopic (exact) mass is 529 g/mol. The molecule has 2 fully saturated rings. The number of carboxylic acids is 1. The molecule has 2 saturated heterocycles. The molecule has 0 unspecified atom stereocenters. The van der Waals surface area contributed by atoms with E-state index in [0.717, 1.165) is 45.1 Å². The number of benzene rings is 1. The van der Waals surface area contributed by atoms with Crippen LogP contribution in [0.3, 0.4) is 0 Å². The van der Waals surface area contributed by atoms with Crippen LogP contribution in [0.15, 0.2) is 34.5 Å². The number of piperidine rings is 1. The Kier molecular flexibility index (Phi) is 10.8. The molecule has 0 spiro atoms. The van der Waals surface area contributed by atoms with Crippen LogP contribution in [0, 0.1) is 0 Å². The highest BCUT2D eigenvalue weighted by atomic mass is 35.5. The molecule has 36 heavy (non-hydrogen) atoms. The minimum atomic E-state index is -2.46. The van der Waals surface area contributed by atoms with E-state index in [9.17, 15) is 8.78 Å². The molecule has 0 saturated carbocycles.